The third-order valence-corrected chi connectivity index (χ3v) is 8.92. The monoisotopic (exact) mass is 510 g/mol. The molecule has 2 saturated heterocycles. The van der Waals surface area contributed by atoms with Crippen LogP contribution in [0.4, 0.5) is 8.78 Å². The van der Waals surface area contributed by atoms with Crippen LogP contribution in [0.25, 0.3) is 0 Å². The third-order valence-electron chi connectivity index (χ3n) is 8.92. The Bertz CT molecular complexity index is 1030. The van der Waals surface area contributed by atoms with Crippen molar-refractivity contribution in [2.75, 3.05) is 32.7 Å². The van der Waals surface area contributed by atoms with E-state index in [4.69, 9.17) is 0 Å². The summed E-state index contributed by atoms with van der Waals surface area (Å²) in [5, 5.41) is 9.98. The number of carboxylic acids is 1. The Balaban J connectivity index is 1.16. The summed E-state index contributed by atoms with van der Waals surface area (Å²) in [5.41, 5.74) is 2.20. The molecule has 1 saturated carbocycles. The number of likely N-dealkylation sites (tertiary alicyclic amines) is 2. The first-order valence-electron chi connectivity index (χ1n) is 14.1. The van der Waals surface area contributed by atoms with Crippen molar-refractivity contribution in [3.63, 3.8) is 0 Å². The fourth-order valence-electron chi connectivity index (χ4n) is 6.57. The lowest BCUT2D eigenvalue weighted by molar-refractivity contribution is -0.143. The number of nitrogens with zero attached hydrogens (tertiary/aromatic N) is 2. The quantitative estimate of drug-likeness (QED) is 0.405. The minimum Gasteiger partial charge on any atom is -0.480 e. The van der Waals surface area contributed by atoms with E-state index in [0.717, 1.165) is 69.8 Å². The number of carbonyl (C=O) groups is 1. The first-order valence-corrected chi connectivity index (χ1v) is 14.1. The molecule has 2 aliphatic heterocycles. The second kappa shape index (κ2) is 12.0. The van der Waals surface area contributed by atoms with E-state index >= 15 is 0 Å². The lowest BCUT2D eigenvalue weighted by Crippen LogP contribution is -2.41. The Kier molecular flexibility index (Phi) is 8.56. The normalized spacial score (nSPS) is 24.4. The van der Waals surface area contributed by atoms with Crippen molar-refractivity contribution in [3.05, 3.63) is 71.3 Å². The predicted octanol–water partition coefficient (Wildman–Crippen LogP) is 5.97. The van der Waals surface area contributed by atoms with Crippen molar-refractivity contribution in [2.24, 2.45) is 17.8 Å². The first-order chi connectivity index (χ1) is 17.9. The fraction of sp³-hybridized carbons (Fsp3) is 0.581. The Morgan fingerprint density at radius 2 is 1.70 bits per heavy atom. The van der Waals surface area contributed by atoms with Crippen LogP contribution in [0.1, 0.15) is 62.0 Å². The van der Waals surface area contributed by atoms with Crippen LogP contribution in [0.15, 0.2) is 48.5 Å². The summed E-state index contributed by atoms with van der Waals surface area (Å²) in [6.07, 6.45) is 8.73. The zero-order valence-corrected chi connectivity index (χ0v) is 21.7. The van der Waals surface area contributed by atoms with Crippen LogP contribution in [-0.2, 0) is 11.2 Å². The van der Waals surface area contributed by atoms with Gasteiger partial charge in [-0.25, -0.2) is 8.78 Å². The highest BCUT2D eigenvalue weighted by Gasteiger charge is 2.42. The topological polar surface area (TPSA) is 43.8 Å². The van der Waals surface area contributed by atoms with Gasteiger partial charge in [-0.2, -0.15) is 0 Å². The molecular weight excluding hydrogens is 470 g/mol. The van der Waals surface area contributed by atoms with Gasteiger partial charge < -0.3 is 10.0 Å². The van der Waals surface area contributed by atoms with Gasteiger partial charge in [0, 0.05) is 25.6 Å². The molecule has 3 atom stereocenters. The molecule has 0 aromatic heterocycles. The number of hydrogen-bond acceptors (Lipinski definition) is 3. The van der Waals surface area contributed by atoms with Crippen LogP contribution < -0.4 is 0 Å². The SMILES string of the molecule is O=C(O)C(CC1CC1)N1CC(CN2CCC(CCCc3ccc(F)cc3)CC2)C(c2cccc(F)c2)C1. The standard InChI is InChI=1S/C31H40F2N2O2/c32-27-11-9-22(10-12-27)3-1-4-23-13-15-34(16-14-23)19-26-20-35(30(31(36)37)17-24-7-8-24)21-29(26)25-5-2-6-28(33)18-25/h2,5-6,9-12,18,23-24,26,29-30H,1,3-4,7-8,13-17,19-21H2,(H,36,37). The summed E-state index contributed by atoms with van der Waals surface area (Å²) >= 11 is 0. The molecule has 0 spiro atoms. The van der Waals surface area contributed by atoms with Crippen molar-refractivity contribution >= 4 is 5.97 Å². The Morgan fingerprint density at radius 1 is 0.946 bits per heavy atom. The van der Waals surface area contributed by atoms with Gasteiger partial charge in [0.2, 0.25) is 0 Å². The minimum atomic E-state index is -0.716. The minimum absolute atomic E-state index is 0.158. The van der Waals surface area contributed by atoms with Gasteiger partial charge in [-0.1, -0.05) is 43.5 Å². The molecule has 1 aliphatic carbocycles. The molecule has 1 N–H and O–H groups in total. The highest BCUT2D eigenvalue weighted by Crippen LogP contribution is 2.39. The Morgan fingerprint density at radius 3 is 2.38 bits per heavy atom. The molecule has 2 heterocycles. The molecule has 3 fully saturated rings. The number of aliphatic carboxylic acids is 1. The van der Waals surface area contributed by atoms with Gasteiger partial charge in [0.1, 0.15) is 17.7 Å². The lowest BCUT2D eigenvalue weighted by atomic mass is 9.86. The molecule has 2 aromatic carbocycles. The molecular formula is C31H40F2N2O2. The van der Waals surface area contributed by atoms with E-state index in [2.05, 4.69) is 9.80 Å². The molecule has 4 nitrogen and oxygen atoms in total. The molecule has 2 aromatic rings. The van der Waals surface area contributed by atoms with Crippen LogP contribution in [0.3, 0.4) is 0 Å². The predicted molar refractivity (Wildman–Crippen MR) is 141 cm³/mol. The number of halogens is 2. The van der Waals surface area contributed by atoms with Crippen LogP contribution in [0, 0.1) is 29.4 Å². The number of piperidine rings is 1. The molecule has 200 valence electrons. The summed E-state index contributed by atoms with van der Waals surface area (Å²) in [5.74, 6) is 0.627. The highest BCUT2D eigenvalue weighted by molar-refractivity contribution is 5.73. The van der Waals surface area contributed by atoms with Gasteiger partial charge in [-0.15, -0.1) is 0 Å². The second-order valence-corrected chi connectivity index (χ2v) is 11.7. The van der Waals surface area contributed by atoms with Crippen molar-refractivity contribution in [1.82, 2.24) is 9.80 Å². The molecule has 0 bridgehead atoms. The first kappa shape index (κ1) is 26.3. The average Bonchev–Trinajstić information content (AvgIpc) is 3.62. The van der Waals surface area contributed by atoms with E-state index in [1.54, 1.807) is 24.3 Å². The van der Waals surface area contributed by atoms with Crippen molar-refractivity contribution in [2.45, 2.75) is 63.3 Å². The number of hydrogen-bond donors (Lipinski definition) is 1. The summed E-state index contributed by atoms with van der Waals surface area (Å²) in [6.45, 7) is 4.53. The maximum absolute atomic E-state index is 14.1. The van der Waals surface area contributed by atoms with Crippen LogP contribution in [-0.4, -0.2) is 59.6 Å². The van der Waals surface area contributed by atoms with E-state index in [9.17, 15) is 18.7 Å². The maximum atomic E-state index is 14.1. The molecule has 0 radical (unpaired) electrons. The lowest BCUT2D eigenvalue weighted by Gasteiger charge is -2.35. The third kappa shape index (κ3) is 7.17. The Labute approximate surface area is 219 Å². The highest BCUT2D eigenvalue weighted by atomic mass is 19.1. The van der Waals surface area contributed by atoms with Crippen LogP contribution in [0.5, 0.6) is 0 Å². The van der Waals surface area contributed by atoms with E-state index in [1.807, 2.05) is 18.2 Å². The largest absolute Gasteiger partial charge is 0.480 e. The molecule has 3 aliphatic rings. The van der Waals surface area contributed by atoms with Gasteiger partial charge in [0.25, 0.3) is 0 Å². The molecule has 0 amide bonds. The van der Waals surface area contributed by atoms with Crippen LogP contribution in [0.2, 0.25) is 0 Å². The van der Waals surface area contributed by atoms with Crippen molar-refractivity contribution in [1.29, 1.82) is 0 Å². The smallest absolute Gasteiger partial charge is 0.320 e. The summed E-state index contributed by atoms with van der Waals surface area (Å²) in [7, 11) is 0. The van der Waals surface area contributed by atoms with E-state index < -0.39 is 12.0 Å². The average molecular weight is 511 g/mol. The van der Waals surface area contributed by atoms with E-state index in [0.29, 0.717) is 18.4 Å². The van der Waals surface area contributed by atoms with Gasteiger partial charge >= 0.3 is 5.97 Å². The van der Waals surface area contributed by atoms with Crippen molar-refractivity contribution in [3.8, 4) is 0 Å². The molecule has 5 rings (SSSR count). The number of benzene rings is 2. The van der Waals surface area contributed by atoms with Gasteiger partial charge in [0.15, 0.2) is 0 Å². The zero-order chi connectivity index (χ0) is 25.8. The molecule has 3 unspecified atom stereocenters. The summed E-state index contributed by atoms with van der Waals surface area (Å²) in [6, 6.07) is 13.3. The number of aryl methyl sites for hydroxylation is 1. The van der Waals surface area contributed by atoms with E-state index in [-0.39, 0.29) is 17.6 Å². The van der Waals surface area contributed by atoms with Gasteiger partial charge in [0.05, 0.1) is 0 Å². The van der Waals surface area contributed by atoms with E-state index in [1.165, 1.54) is 30.9 Å². The zero-order valence-electron chi connectivity index (χ0n) is 21.7. The summed E-state index contributed by atoms with van der Waals surface area (Å²) in [4.78, 5) is 16.9. The maximum Gasteiger partial charge on any atom is 0.320 e. The van der Waals surface area contributed by atoms with Gasteiger partial charge in [-0.05, 0) is 98.3 Å². The summed E-state index contributed by atoms with van der Waals surface area (Å²) < 4.78 is 27.2. The molecule has 6 heteroatoms. The van der Waals surface area contributed by atoms with Crippen molar-refractivity contribution < 1.29 is 18.7 Å². The molecule has 37 heavy (non-hydrogen) atoms. The fourth-order valence-corrected chi connectivity index (χ4v) is 6.57. The number of carboxylic acid groups (broad SMARTS) is 1. The van der Waals surface area contributed by atoms with Crippen LogP contribution >= 0.6 is 0 Å². The van der Waals surface area contributed by atoms with Gasteiger partial charge in [-0.3, -0.25) is 9.69 Å². The Hall–Kier alpha value is -2.31. The second-order valence-electron chi connectivity index (χ2n) is 11.7. The number of rotatable bonds is 11.